The van der Waals surface area contributed by atoms with E-state index in [4.69, 9.17) is 14.2 Å². The second kappa shape index (κ2) is 12.6. The maximum atomic E-state index is 12.1. The van der Waals surface area contributed by atoms with Crippen LogP contribution < -0.4 is 14.8 Å². The molecule has 0 bridgehead atoms. The lowest BCUT2D eigenvalue weighted by atomic mass is 10.2. The first-order valence-electron chi connectivity index (χ1n) is 13.5. The Morgan fingerprint density at radius 3 is 2.62 bits per heavy atom. The average Bonchev–Trinajstić information content (AvgIpc) is 3.39. The molecule has 1 fully saturated rings. The number of carbonyl (C=O) groups excluding carboxylic acids is 1. The van der Waals surface area contributed by atoms with Gasteiger partial charge in [-0.15, -0.1) is 11.3 Å². The van der Waals surface area contributed by atoms with Crippen LogP contribution in [0.25, 0.3) is 21.0 Å². The van der Waals surface area contributed by atoms with E-state index in [-0.39, 0.29) is 5.97 Å². The number of piperazine rings is 1. The Morgan fingerprint density at radius 1 is 1.03 bits per heavy atom. The molecule has 1 aliphatic heterocycles. The highest BCUT2D eigenvalue weighted by atomic mass is 32.1. The summed E-state index contributed by atoms with van der Waals surface area (Å²) in [4.78, 5) is 26.7. The average molecular weight is 550 g/mol. The van der Waals surface area contributed by atoms with E-state index in [9.17, 15) is 4.79 Å². The third-order valence-corrected chi connectivity index (χ3v) is 8.06. The molecule has 1 saturated heterocycles. The molecule has 10 heteroatoms. The van der Waals surface area contributed by atoms with Gasteiger partial charge in [-0.3, -0.25) is 0 Å². The lowest BCUT2D eigenvalue weighted by Crippen LogP contribution is -2.46. The van der Waals surface area contributed by atoms with Gasteiger partial charge in [-0.1, -0.05) is 6.92 Å². The number of thiophene rings is 1. The molecule has 5 rings (SSSR count). The van der Waals surface area contributed by atoms with Crippen LogP contribution in [0, 0.1) is 0 Å². The normalized spacial score (nSPS) is 14.5. The van der Waals surface area contributed by atoms with Crippen LogP contribution in [0.3, 0.4) is 0 Å². The van der Waals surface area contributed by atoms with Gasteiger partial charge in [0.25, 0.3) is 0 Å². The number of benzene rings is 2. The standard InChI is InChI=1S/C29H35N5O4S/c1-4-33-10-12-34(13-11-33)9-6-14-38-25-18-23-22(17-24(25)36-3)28(31-19-30-23)32-21-7-8-26-20(15-21)16-27(39-26)29(35)37-5-2/h7-8,15-19H,4-6,9-14H2,1-3H3,(H,30,31,32). The molecule has 0 spiro atoms. The predicted molar refractivity (Wildman–Crippen MR) is 156 cm³/mol. The van der Waals surface area contributed by atoms with E-state index in [0.29, 0.717) is 35.4 Å². The molecular weight excluding hydrogens is 514 g/mol. The Balaban J connectivity index is 1.27. The summed E-state index contributed by atoms with van der Waals surface area (Å²) in [7, 11) is 1.64. The van der Waals surface area contributed by atoms with Crippen LogP contribution in [0.15, 0.2) is 42.7 Å². The van der Waals surface area contributed by atoms with E-state index >= 15 is 0 Å². The van der Waals surface area contributed by atoms with Crippen molar-refractivity contribution in [1.82, 2.24) is 19.8 Å². The first-order chi connectivity index (χ1) is 19.1. The fourth-order valence-electron chi connectivity index (χ4n) is 4.80. The van der Waals surface area contributed by atoms with Crippen LogP contribution in [0.2, 0.25) is 0 Å². The van der Waals surface area contributed by atoms with Gasteiger partial charge in [-0.2, -0.15) is 0 Å². The first kappa shape index (κ1) is 27.1. The zero-order valence-corrected chi connectivity index (χ0v) is 23.6. The summed E-state index contributed by atoms with van der Waals surface area (Å²) in [6, 6.07) is 11.6. The Hall–Kier alpha value is -3.47. The minimum absolute atomic E-state index is 0.296. The summed E-state index contributed by atoms with van der Waals surface area (Å²) in [6.07, 6.45) is 2.49. The van der Waals surface area contributed by atoms with Gasteiger partial charge in [-0.05, 0) is 55.6 Å². The summed E-state index contributed by atoms with van der Waals surface area (Å²) in [5.41, 5.74) is 1.62. The summed E-state index contributed by atoms with van der Waals surface area (Å²) in [5, 5.41) is 5.19. The number of likely N-dealkylation sites (N-methyl/N-ethyl adjacent to an activating group) is 1. The van der Waals surface area contributed by atoms with Gasteiger partial charge >= 0.3 is 5.97 Å². The monoisotopic (exact) mass is 549 g/mol. The van der Waals surface area contributed by atoms with E-state index < -0.39 is 0 Å². The molecule has 0 aliphatic carbocycles. The highest BCUT2D eigenvalue weighted by Crippen LogP contribution is 2.36. The zero-order chi connectivity index (χ0) is 27.2. The minimum Gasteiger partial charge on any atom is -0.493 e. The van der Waals surface area contributed by atoms with Gasteiger partial charge in [0.05, 0.1) is 25.8 Å². The molecule has 1 aliphatic rings. The Labute approximate surface area is 232 Å². The smallest absolute Gasteiger partial charge is 0.348 e. The lowest BCUT2D eigenvalue weighted by Gasteiger charge is -2.33. The van der Waals surface area contributed by atoms with Gasteiger partial charge in [0.1, 0.15) is 17.0 Å². The summed E-state index contributed by atoms with van der Waals surface area (Å²) in [5.74, 6) is 1.69. The Bertz CT molecular complexity index is 1430. The summed E-state index contributed by atoms with van der Waals surface area (Å²) < 4.78 is 18.0. The predicted octanol–water partition coefficient (Wildman–Crippen LogP) is 5.18. The van der Waals surface area contributed by atoms with Crippen molar-refractivity contribution in [2.24, 2.45) is 0 Å². The van der Waals surface area contributed by atoms with Crippen molar-refractivity contribution in [1.29, 1.82) is 0 Å². The van der Waals surface area contributed by atoms with E-state index in [1.807, 2.05) is 36.4 Å². The highest BCUT2D eigenvalue weighted by Gasteiger charge is 2.16. The molecule has 0 unspecified atom stereocenters. The number of methoxy groups -OCH3 is 1. The first-order valence-corrected chi connectivity index (χ1v) is 14.3. The number of esters is 1. The molecule has 1 N–H and O–H groups in total. The number of anilines is 2. The van der Waals surface area contributed by atoms with Gasteiger partial charge in [0.15, 0.2) is 11.5 Å². The molecule has 4 aromatic rings. The molecule has 206 valence electrons. The SMILES string of the molecule is CCOC(=O)c1cc2cc(Nc3ncnc4cc(OCCCN5CCN(CC)CC5)c(OC)cc34)ccc2s1. The fourth-order valence-corrected chi connectivity index (χ4v) is 5.73. The van der Waals surface area contributed by atoms with Crippen LogP contribution in [0.4, 0.5) is 11.5 Å². The fraction of sp³-hybridized carbons (Fsp3) is 0.414. The number of hydrogen-bond acceptors (Lipinski definition) is 10. The highest BCUT2D eigenvalue weighted by molar-refractivity contribution is 7.20. The van der Waals surface area contributed by atoms with Gasteiger partial charge < -0.3 is 29.3 Å². The van der Waals surface area contributed by atoms with Crippen molar-refractivity contribution in [2.75, 3.05) is 64.9 Å². The molecule has 9 nitrogen and oxygen atoms in total. The van der Waals surface area contributed by atoms with Crippen molar-refractivity contribution in [3.63, 3.8) is 0 Å². The number of nitrogens with one attached hydrogen (secondary N) is 1. The molecule has 0 radical (unpaired) electrons. The number of hydrogen-bond donors (Lipinski definition) is 1. The quantitative estimate of drug-likeness (QED) is 0.201. The third kappa shape index (κ3) is 6.41. The Kier molecular flexibility index (Phi) is 8.75. The van der Waals surface area contributed by atoms with Gasteiger partial charge in [-0.25, -0.2) is 14.8 Å². The molecule has 2 aromatic carbocycles. The van der Waals surface area contributed by atoms with Gasteiger partial charge in [0.2, 0.25) is 0 Å². The van der Waals surface area contributed by atoms with Crippen LogP contribution >= 0.6 is 11.3 Å². The van der Waals surface area contributed by atoms with E-state index in [0.717, 1.165) is 72.4 Å². The maximum absolute atomic E-state index is 12.1. The minimum atomic E-state index is -0.296. The Morgan fingerprint density at radius 2 is 1.85 bits per heavy atom. The van der Waals surface area contributed by atoms with Crippen LogP contribution in [-0.4, -0.2) is 85.3 Å². The lowest BCUT2D eigenvalue weighted by molar-refractivity contribution is 0.0532. The number of fused-ring (bicyclic) bond motifs is 2. The van der Waals surface area contributed by atoms with Crippen LogP contribution in [-0.2, 0) is 4.74 Å². The van der Waals surface area contributed by atoms with Crippen LogP contribution in [0.1, 0.15) is 29.9 Å². The number of carbonyl (C=O) groups is 1. The van der Waals surface area contributed by atoms with E-state index in [2.05, 4.69) is 32.0 Å². The van der Waals surface area contributed by atoms with Crippen molar-refractivity contribution in [3.8, 4) is 11.5 Å². The van der Waals surface area contributed by atoms with Crippen molar-refractivity contribution in [3.05, 3.63) is 47.6 Å². The van der Waals surface area contributed by atoms with Crippen molar-refractivity contribution < 1.29 is 19.0 Å². The van der Waals surface area contributed by atoms with Gasteiger partial charge in [0, 0.05) is 54.6 Å². The third-order valence-electron chi connectivity index (χ3n) is 6.96. The largest absolute Gasteiger partial charge is 0.493 e. The van der Waals surface area contributed by atoms with Crippen LogP contribution in [0.5, 0.6) is 11.5 Å². The number of ether oxygens (including phenoxy) is 3. The topological polar surface area (TPSA) is 89.0 Å². The molecule has 3 heterocycles. The number of rotatable bonds is 11. The molecule has 0 atom stereocenters. The molecule has 39 heavy (non-hydrogen) atoms. The second-order valence-electron chi connectivity index (χ2n) is 9.43. The maximum Gasteiger partial charge on any atom is 0.348 e. The summed E-state index contributed by atoms with van der Waals surface area (Å²) in [6.45, 7) is 11.7. The molecule has 0 amide bonds. The zero-order valence-electron chi connectivity index (χ0n) is 22.7. The number of nitrogens with zero attached hydrogens (tertiary/aromatic N) is 4. The molecular formula is C29H35N5O4S. The van der Waals surface area contributed by atoms with E-state index in [1.165, 1.54) is 11.3 Å². The second-order valence-corrected chi connectivity index (χ2v) is 10.5. The van der Waals surface area contributed by atoms with E-state index in [1.54, 1.807) is 20.4 Å². The molecule has 2 aromatic heterocycles. The summed E-state index contributed by atoms with van der Waals surface area (Å²) >= 11 is 1.42. The number of aromatic nitrogens is 2. The van der Waals surface area contributed by atoms with Crippen molar-refractivity contribution >= 4 is 49.8 Å². The molecule has 0 saturated carbocycles. The van der Waals surface area contributed by atoms with Crippen molar-refractivity contribution in [2.45, 2.75) is 20.3 Å².